The predicted octanol–water partition coefficient (Wildman–Crippen LogP) is 3.04. The molecule has 0 aromatic carbocycles. The van der Waals surface area contributed by atoms with Crippen LogP contribution in [0.15, 0.2) is 22.9 Å². The molecule has 1 N–H and O–H groups in total. The molecule has 102 valence electrons. The molecule has 1 aromatic heterocycles. The van der Waals surface area contributed by atoms with Crippen LogP contribution in [0.25, 0.3) is 0 Å². The Morgan fingerprint density at radius 2 is 2.28 bits per heavy atom. The highest BCUT2D eigenvalue weighted by Gasteiger charge is 2.09. The Morgan fingerprint density at radius 3 is 2.94 bits per heavy atom. The monoisotopic (exact) mass is 314 g/mol. The van der Waals surface area contributed by atoms with Gasteiger partial charge in [0.15, 0.2) is 0 Å². The van der Waals surface area contributed by atoms with E-state index in [1.807, 2.05) is 12.4 Å². The Bertz CT molecular complexity index is 333. The highest BCUT2D eigenvalue weighted by Crippen LogP contribution is 2.16. The van der Waals surface area contributed by atoms with E-state index in [9.17, 15) is 0 Å². The number of hydrogen-bond donors (Lipinski definition) is 1. The largest absolute Gasteiger partial charge is 0.383 e. The summed E-state index contributed by atoms with van der Waals surface area (Å²) < 4.78 is 6.10. The molecule has 0 saturated carbocycles. The molecule has 0 amide bonds. The molecule has 1 atom stereocenters. The van der Waals surface area contributed by atoms with Crippen molar-refractivity contribution in [1.82, 2.24) is 10.3 Å². The minimum Gasteiger partial charge on any atom is -0.383 e. The lowest BCUT2D eigenvalue weighted by atomic mass is 9.96. The maximum atomic E-state index is 5.04. The highest BCUT2D eigenvalue weighted by atomic mass is 79.9. The lowest BCUT2D eigenvalue weighted by Gasteiger charge is -2.17. The van der Waals surface area contributed by atoms with Crippen molar-refractivity contribution in [3.05, 3.63) is 28.5 Å². The van der Waals surface area contributed by atoms with E-state index in [0.29, 0.717) is 5.92 Å². The Balaban J connectivity index is 2.41. The van der Waals surface area contributed by atoms with Gasteiger partial charge in [-0.05, 0) is 52.9 Å². The van der Waals surface area contributed by atoms with Gasteiger partial charge in [-0.15, -0.1) is 0 Å². The van der Waals surface area contributed by atoms with E-state index >= 15 is 0 Å². The summed E-state index contributed by atoms with van der Waals surface area (Å²) in [6, 6.07) is 2.16. The number of pyridine rings is 1. The summed E-state index contributed by atoms with van der Waals surface area (Å²) in [7, 11) is 1.73. The minimum absolute atomic E-state index is 0.669. The first-order chi connectivity index (χ1) is 8.76. The van der Waals surface area contributed by atoms with Crippen LogP contribution >= 0.6 is 15.9 Å². The van der Waals surface area contributed by atoms with Gasteiger partial charge >= 0.3 is 0 Å². The molecule has 1 rings (SSSR count). The predicted molar refractivity (Wildman–Crippen MR) is 78.8 cm³/mol. The molecule has 0 aliphatic rings. The zero-order valence-corrected chi connectivity index (χ0v) is 12.9. The van der Waals surface area contributed by atoms with Crippen LogP contribution in [0, 0.1) is 5.92 Å². The van der Waals surface area contributed by atoms with Crippen molar-refractivity contribution >= 4 is 15.9 Å². The molecular formula is C14H23BrN2O. The first-order valence-electron chi connectivity index (χ1n) is 6.55. The Morgan fingerprint density at radius 1 is 1.44 bits per heavy atom. The number of aromatic nitrogens is 1. The van der Waals surface area contributed by atoms with Crippen LogP contribution in [0.3, 0.4) is 0 Å². The highest BCUT2D eigenvalue weighted by molar-refractivity contribution is 9.10. The molecule has 0 bridgehead atoms. The van der Waals surface area contributed by atoms with Gasteiger partial charge in [-0.2, -0.15) is 0 Å². The summed E-state index contributed by atoms with van der Waals surface area (Å²) in [6.45, 7) is 4.98. The van der Waals surface area contributed by atoms with Crippen LogP contribution < -0.4 is 5.32 Å². The van der Waals surface area contributed by atoms with Gasteiger partial charge in [-0.1, -0.05) is 13.3 Å². The van der Waals surface area contributed by atoms with Gasteiger partial charge in [0.1, 0.15) is 0 Å². The third-order valence-electron chi connectivity index (χ3n) is 2.90. The van der Waals surface area contributed by atoms with Crippen molar-refractivity contribution < 1.29 is 4.74 Å². The number of methoxy groups -OCH3 is 1. The average Bonchev–Trinajstić information content (AvgIpc) is 2.35. The van der Waals surface area contributed by atoms with Crippen molar-refractivity contribution in [3.63, 3.8) is 0 Å². The molecule has 0 fully saturated rings. The molecule has 4 heteroatoms. The number of nitrogens with zero attached hydrogens (tertiary/aromatic N) is 1. The van der Waals surface area contributed by atoms with Crippen LogP contribution in [-0.2, 0) is 11.2 Å². The molecule has 0 aliphatic heterocycles. The van der Waals surface area contributed by atoms with Gasteiger partial charge in [0.25, 0.3) is 0 Å². The summed E-state index contributed by atoms with van der Waals surface area (Å²) >= 11 is 3.47. The van der Waals surface area contributed by atoms with Crippen molar-refractivity contribution in [2.75, 3.05) is 26.8 Å². The number of rotatable bonds is 9. The van der Waals surface area contributed by atoms with Crippen LogP contribution in [0.4, 0.5) is 0 Å². The fraction of sp³-hybridized carbons (Fsp3) is 0.643. The van der Waals surface area contributed by atoms with Crippen LogP contribution in [0.1, 0.15) is 25.3 Å². The maximum absolute atomic E-state index is 5.04. The zero-order chi connectivity index (χ0) is 13.2. The molecule has 0 spiro atoms. The van der Waals surface area contributed by atoms with Crippen LogP contribution in [0.2, 0.25) is 0 Å². The zero-order valence-electron chi connectivity index (χ0n) is 11.3. The minimum atomic E-state index is 0.669. The second-order valence-electron chi connectivity index (χ2n) is 4.57. The van der Waals surface area contributed by atoms with E-state index in [2.05, 4.69) is 39.2 Å². The third kappa shape index (κ3) is 6.47. The first-order valence-corrected chi connectivity index (χ1v) is 7.34. The molecule has 1 unspecified atom stereocenters. The van der Waals surface area contributed by atoms with Crippen LogP contribution in [0.5, 0.6) is 0 Å². The fourth-order valence-corrected chi connectivity index (χ4v) is 2.48. The van der Waals surface area contributed by atoms with Crippen molar-refractivity contribution in [2.24, 2.45) is 5.92 Å². The second-order valence-corrected chi connectivity index (χ2v) is 5.48. The fourth-order valence-electron chi connectivity index (χ4n) is 2.07. The van der Waals surface area contributed by atoms with E-state index < -0.39 is 0 Å². The number of hydrogen-bond acceptors (Lipinski definition) is 3. The molecular weight excluding hydrogens is 292 g/mol. The molecule has 3 nitrogen and oxygen atoms in total. The second kappa shape index (κ2) is 9.48. The van der Waals surface area contributed by atoms with Gasteiger partial charge in [0, 0.05) is 30.5 Å². The summed E-state index contributed by atoms with van der Waals surface area (Å²) in [5.74, 6) is 0.669. The molecule has 0 saturated heterocycles. The summed E-state index contributed by atoms with van der Waals surface area (Å²) in [5.41, 5.74) is 1.30. The van der Waals surface area contributed by atoms with Gasteiger partial charge < -0.3 is 10.1 Å². The molecule has 18 heavy (non-hydrogen) atoms. The number of halogens is 1. The summed E-state index contributed by atoms with van der Waals surface area (Å²) in [5, 5.41) is 3.45. The van der Waals surface area contributed by atoms with E-state index in [-0.39, 0.29) is 0 Å². The van der Waals surface area contributed by atoms with Crippen molar-refractivity contribution in [2.45, 2.75) is 26.2 Å². The van der Waals surface area contributed by atoms with Crippen molar-refractivity contribution in [1.29, 1.82) is 0 Å². The Hall–Kier alpha value is -0.450. The van der Waals surface area contributed by atoms with Gasteiger partial charge in [0.2, 0.25) is 0 Å². The lowest BCUT2D eigenvalue weighted by molar-refractivity contribution is 0.197. The molecule has 1 heterocycles. The lowest BCUT2D eigenvalue weighted by Crippen LogP contribution is -2.27. The number of nitrogens with one attached hydrogen (secondary N) is 1. The normalized spacial score (nSPS) is 12.6. The average molecular weight is 315 g/mol. The smallest absolute Gasteiger partial charge is 0.0587 e. The van der Waals surface area contributed by atoms with E-state index in [1.165, 1.54) is 18.4 Å². The van der Waals surface area contributed by atoms with Gasteiger partial charge in [0.05, 0.1) is 6.61 Å². The van der Waals surface area contributed by atoms with E-state index in [1.54, 1.807) is 7.11 Å². The Kier molecular flexibility index (Phi) is 8.22. The number of ether oxygens (including phenoxy) is 1. The quantitative estimate of drug-likeness (QED) is 0.711. The van der Waals surface area contributed by atoms with Crippen LogP contribution in [-0.4, -0.2) is 31.8 Å². The molecule has 0 aliphatic carbocycles. The van der Waals surface area contributed by atoms with Gasteiger partial charge in [-0.3, -0.25) is 4.98 Å². The Labute approximate surface area is 118 Å². The maximum Gasteiger partial charge on any atom is 0.0587 e. The topological polar surface area (TPSA) is 34.1 Å². The molecule has 0 radical (unpaired) electrons. The summed E-state index contributed by atoms with van der Waals surface area (Å²) in [6.07, 6.45) is 7.34. The summed E-state index contributed by atoms with van der Waals surface area (Å²) in [4.78, 5) is 4.22. The first kappa shape index (κ1) is 15.6. The standard InChI is InChI=1S/C14H23BrN2O/c1-3-4-12(9-16-5-6-18-2)7-13-8-14(15)11-17-10-13/h8,10-12,16H,3-7,9H2,1-2H3. The van der Waals surface area contributed by atoms with Gasteiger partial charge in [-0.25, -0.2) is 0 Å². The third-order valence-corrected chi connectivity index (χ3v) is 3.33. The molecule has 1 aromatic rings. The van der Waals surface area contributed by atoms with E-state index in [4.69, 9.17) is 4.74 Å². The van der Waals surface area contributed by atoms with Crippen molar-refractivity contribution in [3.8, 4) is 0 Å². The SMILES string of the molecule is CCCC(CNCCOC)Cc1cncc(Br)c1. The van der Waals surface area contributed by atoms with E-state index in [0.717, 1.165) is 30.6 Å².